The summed E-state index contributed by atoms with van der Waals surface area (Å²) in [4.78, 5) is 13.5. The van der Waals surface area contributed by atoms with Crippen LogP contribution in [0.2, 0.25) is 10.0 Å². The summed E-state index contributed by atoms with van der Waals surface area (Å²) in [6.45, 7) is 2.06. The van der Waals surface area contributed by atoms with Gasteiger partial charge in [-0.25, -0.2) is 0 Å². The van der Waals surface area contributed by atoms with Crippen LogP contribution in [-0.4, -0.2) is 19.1 Å². The zero-order valence-corrected chi connectivity index (χ0v) is 14.2. The number of hydrogen-bond acceptors (Lipinski definition) is 3. The fourth-order valence-corrected chi connectivity index (χ4v) is 3.02. The molecule has 0 aliphatic carbocycles. The number of halogens is 2. The Bertz CT molecular complexity index is 743. The first-order chi connectivity index (χ1) is 10.9. The van der Waals surface area contributed by atoms with Crippen LogP contribution in [0.1, 0.15) is 12.5 Å². The van der Waals surface area contributed by atoms with Crippen molar-refractivity contribution in [1.82, 2.24) is 0 Å². The molecule has 0 spiro atoms. The molecule has 1 atom stereocenters. The molecule has 0 radical (unpaired) electrons. The zero-order valence-electron chi connectivity index (χ0n) is 12.7. The molecule has 0 fully saturated rings. The number of carbonyl (C=O) groups excluding carboxylic acids is 1. The third-order valence-corrected chi connectivity index (χ3v) is 4.04. The summed E-state index contributed by atoms with van der Waals surface area (Å²) in [5, 5.41) is 1.14. The van der Waals surface area contributed by atoms with Gasteiger partial charge in [0.1, 0.15) is 18.1 Å². The summed E-state index contributed by atoms with van der Waals surface area (Å²) >= 11 is 12.0. The van der Waals surface area contributed by atoms with E-state index in [1.54, 1.807) is 55.3 Å². The topological polar surface area (TPSA) is 38.8 Å². The van der Waals surface area contributed by atoms with Crippen LogP contribution >= 0.6 is 23.2 Å². The molecule has 0 N–H and O–H groups in total. The highest BCUT2D eigenvalue weighted by Crippen LogP contribution is 2.36. The molecular formula is C17H15Cl2NO3. The van der Waals surface area contributed by atoms with Crippen LogP contribution in [0.4, 0.5) is 5.69 Å². The number of benzene rings is 2. The summed E-state index contributed by atoms with van der Waals surface area (Å²) in [6.07, 6.45) is -0.505. The second-order valence-electron chi connectivity index (χ2n) is 5.35. The third-order valence-electron chi connectivity index (χ3n) is 3.60. The maximum atomic E-state index is 11.9. The number of anilines is 1. The van der Waals surface area contributed by atoms with Gasteiger partial charge >= 0.3 is 0 Å². The van der Waals surface area contributed by atoms with E-state index in [2.05, 4.69) is 0 Å². The van der Waals surface area contributed by atoms with E-state index in [4.69, 9.17) is 32.7 Å². The molecule has 1 unspecified atom stereocenters. The molecule has 6 heteroatoms. The van der Waals surface area contributed by atoms with Crippen molar-refractivity contribution >= 4 is 34.8 Å². The molecule has 23 heavy (non-hydrogen) atoms. The molecule has 0 saturated heterocycles. The average Bonchev–Trinajstić information content (AvgIpc) is 2.49. The van der Waals surface area contributed by atoms with Crippen molar-refractivity contribution in [3.05, 3.63) is 52.0 Å². The number of fused-ring (bicyclic) bond motifs is 1. The van der Waals surface area contributed by atoms with Crippen LogP contribution in [0.25, 0.3) is 0 Å². The molecule has 0 aromatic heterocycles. The lowest BCUT2D eigenvalue weighted by Gasteiger charge is -2.30. The summed E-state index contributed by atoms with van der Waals surface area (Å²) in [5.41, 5.74) is 1.60. The fourth-order valence-electron chi connectivity index (χ4n) is 2.45. The van der Waals surface area contributed by atoms with E-state index in [9.17, 15) is 4.79 Å². The van der Waals surface area contributed by atoms with E-state index in [1.807, 2.05) is 0 Å². The van der Waals surface area contributed by atoms with E-state index in [1.165, 1.54) is 0 Å². The summed E-state index contributed by atoms with van der Waals surface area (Å²) in [6, 6.07) is 10.7. The van der Waals surface area contributed by atoms with Crippen LogP contribution in [0.5, 0.6) is 11.5 Å². The van der Waals surface area contributed by atoms with E-state index in [0.717, 1.165) is 11.3 Å². The Hall–Kier alpha value is -1.91. The Labute approximate surface area is 144 Å². The zero-order chi connectivity index (χ0) is 16.6. The molecule has 120 valence electrons. The Morgan fingerprint density at radius 2 is 1.87 bits per heavy atom. The Morgan fingerprint density at radius 1 is 1.17 bits per heavy atom. The summed E-state index contributed by atoms with van der Waals surface area (Å²) < 4.78 is 11.4. The lowest BCUT2D eigenvalue weighted by atomic mass is 10.2. The van der Waals surface area contributed by atoms with Gasteiger partial charge in [-0.1, -0.05) is 23.2 Å². The number of ether oxygens (including phenoxy) is 2. The molecule has 1 heterocycles. The van der Waals surface area contributed by atoms with Gasteiger partial charge in [0.2, 0.25) is 0 Å². The van der Waals surface area contributed by atoms with Gasteiger partial charge in [-0.05, 0) is 42.8 Å². The van der Waals surface area contributed by atoms with Crippen LogP contribution in [0.15, 0.2) is 36.4 Å². The normalized spacial score (nSPS) is 16.8. The second kappa shape index (κ2) is 6.30. The molecule has 3 rings (SSSR count). The highest BCUT2D eigenvalue weighted by atomic mass is 35.5. The second-order valence-corrected chi connectivity index (χ2v) is 6.23. The minimum absolute atomic E-state index is 0.0697. The first kappa shape index (κ1) is 16.0. The van der Waals surface area contributed by atoms with Crippen molar-refractivity contribution < 1.29 is 14.3 Å². The molecule has 0 bridgehead atoms. The lowest BCUT2D eigenvalue weighted by molar-refractivity contribution is -0.125. The maximum absolute atomic E-state index is 11.9. The van der Waals surface area contributed by atoms with Crippen molar-refractivity contribution in [2.75, 3.05) is 11.9 Å². The lowest BCUT2D eigenvalue weighted by Crippen LogP contribution is -2.41. The number of nitrogens with zero attached hydrogens (tertiary/aromatic N) is 1. The quantitative estimate of drug-likeness (QED) is 0.826. The van der Waals surface area contributed by atoms with E-state index in [0.29, 0.717) is 28.2 Å². The summed E-state index contributed by atoms with van der Waals surface area (Å²) in [7, 11) is 1.73. The van der Waals surface area contributed by atoms with E-state index < -0.39 is 6.10 Å². The summed E-state index contributed by atoms with van der Waals surface area (Å²) in [5.74, 6) is 1.20. The number of likely N-dealkylation sites (N-methyl/N-ethyl adjacent to an activating group) is 1. The smallest absolute Gasteiger partial charge is 0.267 e. The van der Waals surface area contributed by atoms with E-state index >= 15 is 0 Å². The van der Waals surface area contributed by atoms with Crippen LogP contribution < -0.4 is 14.4 Å². The largest absolute Gasteiger partial charge is 0.489 e. The van der Waals surface area contributed by atoms with Gasteiger partial charge in [-0.2, -0.15) is 0 Å². The Morgan fingerprint density at radius 3 is 2.57 bits per heavy atom. The highest BCUT2D eigenvalue weighted by molar-refractivity contribution is 6.34. The predicted molar refractivity (Wildman–Crippen MR) is 90.7 cm³/mol. The molecule has 1 aliphatic rings. The van der Waals surface area contributed by atoms with Crippen LogP contribution in [-0.2, 0) is 11.4 Å². The van der Waals surface area contributed by atoms with Crippen molar-refractivity contribution in [1.29, 1.82) is 0 Å². The maximum Gasteiger partial charge on any atom is 0.267 e. The first-order valence-electron chi connectivity index (χ1n) is 7.10. The van der Waals surface area contributed by atoms with Crippen molar-refractivity contribution in [3.8, 4) is 11.5 Å². The van der Waals surface area contributed by atoms with Gasteiger partial charge in [-0.15, -0.1) is 0 Å². The van der Waals surface area contributed by atoms with Crippen molar-refractivity contribution in [2.24, 2.45) is 0 Å². The number of hydrogen-bond donors (Lipinski definition) is 0. The minimum atomic E-state index is -0.505. The van der Waals surface area contributed by atoms with Crippen LogP contribution in [0, 0.1) is 0 Å². The molecule has 1 amide bonds. The molecular weight excluding hydrogens is 337 g/mol. The molecule has 1 aliphatic heterocycles. The van der Waals surface area contributed by atoms with Gasteiger partial charge < -0.3 is 14.4 Å². The monoisotopic (exact) mass is 351 g/mol. The highest BCUT2D eigenvalue weighted by Gasteiger charge is 2.28. The molecule has 2 aromatic carbocycles. The molecule has 2 aromatic rings. The molecule has 4 nitrogen and oxygen atoms in total. The van der Waals surface area contributed by atoms with Crippen LogP contribution in [0.3, 0.4) is 0 Å². The van der Waals surface area contributed by atoms with Crippen molar-refractivity contribution in [2.45, 2.75) is 19.6 Å². The standard InChI is InChI=1S/C17H15Cl2NO3/c1-10-17(21)20(2)15-4-3-14(8-16(15)23-10)22-9-11-5-12(18)7-13(19)6-11/h3-8,10H,9H2,1-2H3. The Balaban J connectivity index is 1.77. The van der Waals surface area contributed by atoms with Gasteiger partial charge in [0.15, 0.2) is 6.10 Å². The number of amides is 1. The van der Waals surface area contributed by atoms with Gasteiger partial charge in [0, 0.05) is 23.2 Å². The van der Waals surface area contributed by atoms with E-state index in [-0.39, 0.29) is 5.91 Å². The number of rotatable bonds is 3. The Kier molecular flexibility index (Phi) is 4.37. The minimum Gasteiger partial charge on any atom is -0.489 e. The van der Waals surface area contributed by atoms with Gasteiger partial charge in [-0.3, -0.25) is 4.79 Å². The van der Waals surface area contributed by atoms with Crippen molar-refractivity contribution in [3.63, 3.8) is 0 Å². The first-order valence-corrected chi connectivity index (χ1v) is 7.85. The van der Waals surface area contributed by atoms with Gasteiger partial charge in [0.05, 0.1) is 5.69 Å². The average molecular weight is 352 g/mol. The SMILES string of the molecule is CC1Oc2cc(OCc3cc(Cl)cc(Cl)c3)ccc2N(C)C1=O. The molecule has 0 saturated carbocycles. The predicted octanol–water partition coefficient (Wildman–Crippen LogP) is 4.32. The van der Waals surface area contributed by atoms with Gasteiger partial charge in [0.25, 0.3) is 5.91 Å². The number of carbonyl (C=O) groups is 1. The fraction of sp³-hybridized carbons (Fsp3) is 0.235. The third kappa shape index (κ3) is 3.38.